The van der Waals surface area contributed by atoms with Crippen molar-refractivity contribution in [3.63, 3.8) is 0 Å². The lowest BCUT2D eigenvalue weighted by molar-refractivity contribution is -0.115. The van der Waals surface area contributed by atoms with Crippen LogP contribution >= 0.6 is 23.1 Å². The molecule has 2 aromatic carbocycles. The minimum atomic E-state index is -0.0887. The highest BCUT2D eigenvalue weighted by molar-refractivity contribution is 7.99. The molecule has 2 aromatic heterocycles. The molecule has 4 rings (SSSR count). The van der Waals surface area contributed by atoms with Gasteiger partial charge in [-0.3, -0.25) is 10.1 Å². The number of benzene rings is 2. The Kier molecular flexibility index (Phi) is 6.54. The fourth-order valence-corrected chi connectivity index (χ4v) is 4.49. The van der Waals surface area contributed by atoms with Crippen molar-refractivity contribution in [1.82, 2.24) is 19.9 Å². The summed E-state index contributed by atoms with van der Waals surface area (Å²) < 4.78 is 0. The van der Waals surface area contributed by atoms with Crippen LogP contribution in [-0.2, 0) is 11.2 Å². The van der Waals surface area contributed by atoms with E-state index < -0.39 is 0 Å². The molecule has 9 heteroatoms. The molecule has 0 atom stereocenters. The van der Waals surface area contributed by atoms with Crippen molar-refractivity contribution in [2.75, 3.05) is 10.6 Å². The molecular formula is C22H20N6OS2. The van der Waals surface area contributed by atoms with Gasteiger partial charge >= 0.3 is 0 Å². The zero-order chi connectivity index (χ0) is 21.6. The predicted molar refractivity (Wildman–Crippen MR) is 124 cm³/mol. The van der Waals surface area contributed by atoms with Crippen molar-refractivity contribution >= 4 is 45.8 Å². The first-order valence-electron chi connectivity index (χ1n) is 9.57. The standard InChI is InChI=1S/C22H20N6OS2/c1-14-7-6-10-17(11-14)30-22-25-15(2)24-20(28-22)27-21-23-13-18(31-21)12-19(29)26-16-8-4-3-5-9-16/h3-11,13H,12H2,1-2H3,(H,26,29)(H,23,24,25,27,28). The van der Waals surface area contributed by atoms with Gasteiger partial charge in [-0.2, -0.15) is 9.97 Å². The number of nitrogens with one attached hydrogen (secondary N) is 2. The third-order valence-electron chi connectivity index (χ3n) is 4.09. The van der Waals surface area contributed by atoms with Crippen molar-refractivity contribution in [1.29, 1.82) is 0 Å². The molecule has 0 aliphatic rings. The first-order chi connectivity index (χ1) is 15.0. The number of aromatic nitrogens is 4. The largest absolute Gasteiger partial charge is 0.326 e. The van der Waals surface area contributed by atoms with Gasteiger partial charge in [0.25, 0.3) is 0 Å². The number of anilines is 3. The van der Waals surface area contributed by atoms with Crippen molar-refractivity contribution in [2.24, 2.45) is 0 Å². The highest BCUT2D eigenvalue weighted by atomic mass is 32.2. The number of rotatable bonds is 7. The quantitative estimate of drug-likeness (QED) is 0.410. The van der Waals surface area contributed by atoms with Gasteiger partial charge in [0, 0.05) is 21.7 Å². The van der Waals surface area contributed by atoms with E-state index in [1.807, 2.05) is 49.4 Å². The third-order valence-corrected chi connectivity index (χ3v) is 5.86. The highest BCUT2D eigenvalue weighted by Gasteiger charge is 2.11. The Balaban J connectivity index is 1.41. The summed E-state index contributed by atoms with van der Waals surface area (Å²) >= 11 is 2.88. The molecule has 0 radical (unpaired) electrons. The van der Waals surface area contributed by atoms with E-state index in [2.05, 4.69) is 49.6 Å². The van der Waals surface area contributed by atoms with Crippen LogP contribution in [0.5, 0.6) is 0 Å². The van der Waals surface area contributed by atoms with Crippen LogP contribution in [0, 0.1) is 13.8 Å². The first-order valence-corrected chi connectivity index (χ1v) is 11.2. The molecule has 1 amide bonds. The van der Waals surface area contributed by atoms with Crippen LogP contribution in [0.1, 0.15) is 16.3 Å². The Morgan fingerprint density at radius 1 is 1.03 bits per heavy atom. The summed E-state index contributed by atoms with van der Waals surface area (Å²) in [6.45, 7) is 3.88. The Hall–Kier alpha value is -3.30. The van der Waals surface area contributed by atoms with Crippen LogP contribution < -0.4 is 10.6 Å². The molecule has 7 nitrogen and oxygen atoms in total. The van der Waals surface area contributed by atoms with E-state index in [-0.39, 0.29) is 12.3 Å². The maximum absolute atomic E-state index is 12.2. The number of carbonyl (C=O) groups excluding carboxylic acids is 1. The van der Waals surface area contributed by atoms with Gasteiger partial charge in [0.2, 0.25) is 11.9 Å². The predicted octanol–water partition coefficient (Wildman–Crippen LogP) is 5.02. The number of hydrogen-bond acceptors (Lipinski definition) is 8. The zero-order valence-electron chi connectivity index (χ0n) is 17.0. The van der Waals surface area contributed by atoms with Gasteiger partial charge in [-0.15, -0.1) is 11.3 Å². The topological polar surface area (TPSA) is 92.7 Å². The Morgan fingerprint density at radius 2 is 1.87 bits per heavy atom. The summed E-state index contributed by atoms with van der Waals surface area (Å²) in [5.41, 5.74) is 1.95. The van der Waals surface area contributed by atoms with E-state index in [4.69, 9.17) is 0 Å². The summed E-state index contributed by atoms with van der Waals surface area (Å²) in [6, 6.07) is 17.6. The molecule has 31 heavy (non-hydrogen) atoms. The molecular weight excluding hydrogens is 428 g/mol. The van der Waals surface area contributed by atoms with Gasteiger partial charge in [0.1, 0.15) is 5.82 Å². The monoisotopic (exact) mass is 448 g/mol. The minimum Gasteiger partial charge on any atom is -0.326 e. The number of para-hydroxylation sites is 1. The van der Waals surface area contributed by atoms with Gasteiger partial charge in [-0.05, 0) is 49.9 Å². The summed E-state index contributed by atoms with van der Waals surface area (Å²) in [5, 5.41) is 7.24. The fraction of sp³-hybridized carbons (Fsp3) is 0.136. The smallest absolute Gasteiger partial charge is 0.233 e. The Bertz CT molecular complexity index is 1200. The highest BCUT2D eigenvalue weighted by Crippen LogP contribution is 2.27. The van der Waals surface area contributed by atoms with Crippen LogP contribution in [0.3, 0.4) is 0 Å². The molecule has 0 saturated carbocycles. The lowest BCUT2D eigenvalue weighted by atomic mass is 10.2. The van der Waals surface area contributed by atoms with E-state index in [1.165, 1.54) is 28.7 Å². The van der Waals surface area contributed by atoms with Gasteiger partial charge in [-0.25, -0.2) is 9.97 Å². The molecule has 0 bridgehead atoms. The second-order valence-corrected chi connectivity index (χ2v) is 8.91. The lowest BCUT2D eigenvalue weighted by Crippen LogP contribution is -2.13. The number of nitrogens with zero attached hydrogens (tertiary/aromatic N) is 4. The molecule has 2 N–H and O–H groups in total. The summed E-state index contributed by atoms with van der Waals surface area (Å²) in [6.07, 6.45) is 1.94. The molecule has 156 valence electrons. The molecule has 4 aromatic rings. The average molecular weight is 449 g/mol. The number of aryl methyl sites for hydroxylation is 2. The molecule has 0 fully saturated rings. The normalized spacial score (nSPS) is 10.6. The molecule has 0 saturated heterocycles. The van der Waals surface area contributed by atoms with E-state index in [0.29, 0.717) is 22.1 Å². The van der Waals surface area contributed by atoms with Crippen LogP contribution in [0.2, 0.25) is 0 Å². The van der Waals surface area contributed by atoms with Crippen LogP contribution in [0.4, 0.5) is 16.8 Å². The summed E-state index contributed by atoms with van der Waals surface area (Å²) in [4.78, 5) is 31.8. The van der Waals surface area contributed by atoms with Gasteiger partial charge < -0.3 is 5.32 Å². The van der Waals surface area contributed by atoms with Crippen LogP contribution in [-0.4, -0.2) is 25.8 Å². The van der Waals surface area contributed by atoms with Crippen LogP contribution in [0.15, 0.2) is 70.8 Å². The maximum atomic E-state index is 12.2. The number of thiazole rings is 1. The summed E-state index contributed by atoms with van der Waals surface area (Å²) in [5.74, 6) is 0.957. The molecule has 0 spiro atoms. The van der Waals surface area contributed by atoms with Crippen molar-refractivity contribution in [2.45, 2.75) is 30.3 Å². The minimum absolute atomic E-state index is 0.0887. The second kappa shape index (κ2) is 9.67. The van der Waals surface area contributed by atoms with Crippen molar-refractivity contribution in [3.8, 4) is 0 Å². The maximum Gasteiger partial charge on any atom is 0.233 e. The van der Waals surface area contributed by atoms with Crippen LogP contribution in [0.25, 0.3) is 0 Å². The lowest BCUT2D eigenvalue weighted by Gasteiger charge is -2.06. The van der Waals surface area contributed by atoms with Gasteiger partial charge in [-0.1, -0.05) is 35.9 Å². The Morgan fingerprint density at radius 3 is 2.68 bits per heavy atom. The second-order valence-electron chi connectivity index (χ2n) is 6.76. The molecule has 0 unspecified atom stereocenters. The van der Waals surface area contributed by atoms with Gasteiger partial charge in [0.15, 0.2) is 10.3 Å². The van der Waals surface area contributed by atoms with Crippen molar-refractivity contribution in [3.05, 3.63) is 77.1 Å². The fourth-order valence-electron chi connectivity index (χ4n) is 2.77. The SMILES string of the molecule is Cc1cccc(Sc2nc(C)nc(Nc3ncc(CC(=O)Nc4ccccc4)s3)n2)c1. The number of amides is 1. The average Bonchev–Trinajstić information content (AvgIpc) is 3.14. The van der Waals surface area contributed by atoms with E-state index in [0.717, 1.165) is 15.5 Å². The van der Waals surface area contributed by atoms with E-state index >= 15 is 0 Å². The molecule has 2 heterocycles. The molecule has 0 aliphatic carbocycles. The van der Waals surface area contributed by atoms with E-state index in [1.54, 1.807) is 6.20 Å². The number of carbonyl (C=O) groups is 1. The first kappa shape index (κ1) is 21.0. The van der Waals surface area contributed by atoms with E-state index in [9.17, 15) is 4.79 Å². The zero-order valence-corrected chi connectivity index (χ0v) is 18.6. The van der Waals surface area contributed by atoms with Gasteiger partial charge in [0.05, 0.1) is 6.42 Å². The summed E-state index contributed by atoms with van der Waals surface area (Å²) in [7, 11) is 0. The number of hydrogen-bond donors (Lipinski definition) is 2. The third kappa shape index (κ3) is 6.09. The van der Waals surface area contributed by atoms with Crippen molar-refractivity contribution < 1.29 is 4.79 Å². The Labute approximate surface area is 188 Å². The molecule has 0 aliphatic heterocycles.